The van der Waals surface area contributed by atoms with Crippen LogP contribution < -0.4 is 5.73 Å². The van der Waals surface area contributed by atoms with Crippen LogP contribution in [0.3, 0.4) is 0 Å². The molecule has 0 aliphatic heterocycles. The lowest BCUT2D eigenvalue weighted by Gasteiger charge is -2.11. The van der Waals surface area contributed by atoms with Crippen molar-refractivity contribution in [3.63, 3.8) is 0 Å². The fourth-order valence-corrected chi connectivity index (χ4v) is 2.09. The van der Waals surface area contributed by atoms with Gasteiger partial charge in [0, 0.05) is 17.5 Å². The van der Waals surface area contributed by atoms with E-state index >= 15 is 0 Å². The first kappa shape index (κ1) is 11.3. The Labute approximate surface area is 96.8 Å². The predicted molar refractivity (Wildman–Crippen MR) is 65.5 cm³/mol. The van der Waals surface area contributed by atoms with Crippen LogP contribution in [0.15, 0.2) is 24.3 Å². The summed E-state index contributed by atoms with van der Waals surface area (Å²) >= 11 is 0. The highest BCUT2D eigenvalue weighted by molar-refractivity contribution is 6.02. The van der Waals surface area contributed by atoms with Gasteiger partial charge in [-0.05, 0) is 24.8 Å². The molecule has 0 bridgehead atoms. The van der Waals surface area contributed by atoms with E-state index in [0.29, 0.717) is 6.54 Å². The topological polar surface area (TPSA) is 43.1 Å². The summed E-state index contributed by atoms with van der Waals surface area (Å²) in [7, 11) is 0. The molecule has 0 spiro atoms. The Kier molecular flexibility index (Phi) is 3.10. The molecule has 2 heteroatoms. The predicted octanol–water partition coefficient (Wildman–Crippen LogP) is 2.56. The molecular formula is C14H19NO. The van der Waals surface area contributed by atoms with Gasteiger partial charge in [0.05, 0.1) is 0 Å². The second-order valence-electron chi connectivity index (χ2n) is 4.76. The lowest BCUT2D eigenvalue weighted by atomic mass is 9.94. The van der Waals surface area contributed by atoms with Crippen LogP contribution in [0.5, 0.6) is 0 Å². The van der Waals surface area contributed by atoms with Gasteiger partial charge in [0.2, 0.25) is 0 Å². The Morgan fingerprint density at radius 2 is 1.94 bits per heavy atom. The zero-order chi connectivity index (χ0) is 11.6. The van der Waals surface area contributed by atoms with Crippen molar-refractivity contribution in [1.82, 2.24) is 0 Å². The highest BCUT2D eigenvalue weighted by Crippen LogP contribution is 2.47. The Morgan fingerprint density at radius 3 is 2.38 bits per heavy atom. The first-order valence-corrected chi connectivity index (χ1v) is 6.06. The number of Topliss-reactive ketones (excluding diaryl/α,β-unsaturated/α-hetero) is 1. The van der Waals surface area contributed by atoms with Gasteiger partial charge in [-0.2, -0.15) is 0 Å². The molecule has 0 amide bonds. The lowest BCUT2D eigenvalue weighted by molar-refractivity contribution is 0.0905. The van der Waals surface area contributed by atoms with E-state index in [4.69, 9.17) is 5.73 Å². The quantitative estimate of drug-likeness (QED) is 0.770. The minimum atomic E-state index is -0.216. The highest BCUT2D eigenvalue weighted by atomic mass is 16.1. The van der Waals surface area contributed by atoms with Gasteiger partial charge in [-0.1, -0.05) is 37.6 Å². The summed E-state index contributed by atoms with van der Waals surface area (Å²) in [6.07, 6.45) is 4.13. The lowest BCUT2D eigenvalue weighted by Crippen LogP contribution is -2.25. The monoisotopic (exact) mass is 217 g/mol. The summed E-state index contributed by atoms with van der Waals surface area (Å²) in [6, 6.07) is 8.01. The van der Waals surface area contributed by atoms with Crippen LogP contribution in [0, 0.1) is 5.41 Å². The van der Waals surface area contributed by atoms with Gasteiger partial charge in [0.25, 0.3) is 0 Å². The van der Waals surface area contributed by atoms with Crippen molar-refractivity contribution >= 4 is 5.78 Å². The summed E-state index contributed by atoms with van der Waals surface area (Å²) in [5.74, 6) is 0.234. The van der Waals surface area contributed by atoms with Gasteiger partial charge < -0.3 is 5.73 Å². The summed E-state index contributed by atoms with van der Waals surface area (Å²) in [5, 5.41) is 0. The number of carbonyl (C=O) groups is 1. The number of aryl methyl sites for hydroxylation is 1. The van der Waals surface area contributed by atoms with Crippen molar-refractivity contribution in [3.05, 3.63) is 35.4 Å². The summed E-state index contributed by atoms with van der Waals surface area (Å²) < 4.78 is 0. The van der Waals surface area contributed by atoms with Crippen molar-refractivity contribution in [1.29, 1.82) is 0 Å². The van der Waals surface area contributed by atoms with Crippen molar-refractivity contribution < 1.29 is 4.79 Å². The van der Waals surface area contributed by atoms with Gasteiger partial charge in [-0.15, -0.1) is 0 Å². The molecule has 2 rings (SSSR count). The standard InChI is InChI=1S/C14H19NO/c1-2-3-11-4-6-12(7-5-11)13(16)14(10-15)8-9-14/h4-7H,2-3,8-10,15H2,1H3. The average Bonchev–Trinajstić information content (AvgIpc) is 3.10. The fourth-order valence-electron chi connectivity index (χ4n) is 2.09. The van der Waals surface area contributed by atoms with E-state index in [0.717, 1.165) is 31.2 Å². The Hall–Kier alpha value is -1.15. The molecule has 1 aromatic carbocycles. The number of hydrogen-bond donors (Lipinski definition) is 1. The minimum Gasteiger partial charge on any atom is -0.329 e. The van der Waals surface area contributed by atoms with Gasteiger partial charge in [0.1, 0.15) is 0 Å². The van der Waals surface area contributed by atoms with Gasteiger partial charge >= 0.3 is 0 Å². The maximum absolute atomic E-state index is 12.1. The van der Waals surface area contributed by atoms with Crippen LogP contribution in [0.2, 0.25) is 0 Å². The molecule has 1 saturated carbocycles. The van der Waals surface area contributed by atoms with Crippen LogP contribution in [-0.2, 0) is 6.42 Å². The zero-order valence-electron chi connectivity index (χ0n) is 9.83. The number of nitrogens with two attached hydrogens (primary N) is 1. The Morgan fingerprint density at radius 1 is 1.31 bits per heavy atom. The number of ketones is 1. The molecule has 1 fully saturated rings. The normalized spacial score (nSPS) is 17.1. The molecule has 2 N–H and O–H groups in total. The number of carbonyl (C=O) groups excluding carboxylic acids is 1. The van der Waals surface area contributed by atoms with E-state index in [9.17, 15) is 4.79 Å². The molecule has 0 atom stereocenters. The van der Waals surface area contributed by atoms with Crippen molar-refractivity contribution in [2.24, 2.45) is 11.1 Å². The SMILES string of the molecule is CCCc1ccc(C(=O)C2(CN)CC2)cc1. The van der Waals surface area contributed by atoms with Gasteiger partial charge in [-0.3, -0.25) is 4.79 Å². The molecule has 1 aliphatic rings. The molecule has 1 aromatic rings. The summed E-state index contributed by atoms with van der Waals surface area (Å²) in [4.78, 5) is 12.1. The highest BCUT2D eigenvalue weighted by Gasteiger charge is 2.48. The zero-order valence-corrected chi connectivity index (χ0v) is 9.83. The number of rotatable bonds is 5. The molecule has 0 unspecified atom stereocenters. The number of hydrogen-bond acceptors (Lipinski definition) is 2. The Balaban J connectivity index is 2.13. The third-order valence-corrected chi connectivity index (χ3v) is 3.48. The molecule has 0 aromatic heterocycles. The summed E-state index contributed by atoms with van der Waals surface area (Å²) in [6.45, 7) is 2.65. The molecule has 0 heterocycles. The van der Waals surface area contributed by atoms with E-state index in [2.05, 4.69) is 19.1 Å². The van der Waals surface area contributed by atoms with Crippen LogP contribution in [0.25, 0.3) is 0 Å². The second kappa shape index (κ2) is 4.38. The van der Waals surface area contributed by atoms with Crippen molar-refractivity contribution in [2.75, 3.05) is 6.54 Å². The van der Waals surface area contributed by atoms with Crippen molar-refractivity contribution in [3.8, 4) is 0 Å². The van der Waals surface area contributed by atoms with E-state index in [-0.39, 0.29) is 11.2 Å². The molecule has 0 saturated heterocycles. The molecule has 0 radical (unpaired) electrons. The van der Waals surface area contributed by atoms with E-state index in [1.54, 1.807) is 0 Å². The molecule has 86 valence electrons. The van der Waals surface area contributed by atoms with Crippen LogP contribution in [-0.4, -0.2) is 12.3 Å². The molecule has 1 aliphatic carbocycles. The third kappa shape index (κ3) is 2.03. The first-order valence-electron chi connectivity index (χ1n) is 6.06. The second-order valence-corrected chi connectivity index (χ2v) is 4.76. The average molecular weight is 217 g/mol. The fraction of sp³-hybridized carbons (Fsp3) is 0.500. The smallest absolute Gasteiger partial charge is 0.170 e. The van der Waals surface area contributed by atoms with Gasteiger partial charge in [0.15, 0.2) is 5.78 Å². The third-order valence-electron chi connectivity index (χ3n) is 3.48. The maximum atomic E-state index is 12.1. The molecular weight excluding hydrogens is 198 g/mol. The molecule has 2 nitrogen and oxygen atoms in total. The van der Waals surface area contributed by atoms with E-state index in [1.807, 2.05) is 12.1 Å². The Bertz CT molecular complexity index is 376. The maximum Gasteiger partial charge on any atom is 0.170 e. The van der Waals surface area contributed by atoms with Gasteiger partial charge in [-0.25, -0.2) is 0 Å². The largest absolute Gasteiger partial charge is 0.329 e. The van der Waals surface area contributed by atoms with Crippen LogP contribution >= 0.6 is 0 Å². The minimum absolute atomic E-state index is 0.216. The number of benzene rings is 1. The van der Waals surface area contributed by atoms with Crippen LogP contribution in [0.4, 0.5) is 0 Å². The summed E-state index contributed by atoms with van der Waals surface area (Å²) in [5.41, 5.74) is 7.57. The van der Waals surface area contributed by atoms with Crippen LogP contribution in [0.1, 0.15) is 42.1 Å². The van der Waals surface area contributed by atoms with Crippen molar-refractivity contribution in [2.45, 2.75) is 32.6 Å². The first-order chi connectivity index (χ1) is 7.72. The van der Waals surface area contributed by atoms with E-state index in [1.165, 1.54) is 5.56 Å². The van der Waals surface area contributed by atoms with E-state index < -0.39 is 0 Å². The molecule has 16 heavy (non-hydrogen) atoms.